The highest BCUT2D eigenvalue weighted by Crippen LogP contribution is 2.32. The van der Waals surface area contributed by atoms with E-state index in [2.05, 4.69) is 21.0 Å². The zero-order valence-corrected chi connectivity index (χ0v) is 14.5. The summed E-state index contributed by atoms with van der Waals surface area (Å²) >= 11 is 3.33. The number of carbonyl (C=O) groups excluding carboxylic acids is 1. The lowest BCUT2D eigenvalue weighted by Crippen LogP contribution is -2.30. The van der Waals surface area contributed by atoms with Crippen LogP contribution in [-0.2, 0) is 10.1 Å². The molecule has 0 saturated carbocycles. The van der Waals surface area contributed by atoms with Gasteiger partial charge in [-0.05, 0) is 24.3 Å². The van der Waals surface area contributed by atoms with Crippen molar-refractivity contribution in [2.24, 2.45) is 0 Å². The van der Waals surface area contributed by atoms with E-state index in [9.17, 15) is 22.8 Å². The number of amides is 1. The van der Waals surface area contributed by atoms with Crippen molar-refractivity contribution in [2.75, 3.05) is 5.32 Å². The predicted molar refractivity (Wildman–Crippen MR) is 95.0 cm³/mol. The number of aromatic nitrogens is 2. The molecule has 0 aliphatic carbocycles. The van der Waals surface area contributed by atoms with Crippen LogP contribution in [0.15, 0.2) is 41.2 Å². The first-order valence-corrected chi connectivity index (χ1v) is 8.58. The lowest BCUT2D eigenvalue weighted by Gasteiger charge is -2.11. The maximum Gasteiger partial charge on any atom is 0.471 e. The van der Waals surface area contributed by atoms with E-state index in [0.29, 0.717) is 32.8 Å². The third-order valence-corrected chi connectivity index (χ3v) is 4.69. The summed E-state index contributed by atoms with van der Waals surface area (Å²) in [6, 6.07) is 9.53. The number of nitrogens with zero attached hydrogens (tertiary/aromatic N) is 2. The Bertz CT molecular complexity index is 1230. The van der Waals surface area contributed by atoms with Crippen molar-refractivity contribution in [2.45, 2.75) is 11.5 Å². The maximum atomic E-state index is 13.0. The van der Waals surface area contributed by atoms with Gasteiger partial charge in [0.1, 0.15) is 0 Å². The first-order chi connectivity index (χ1) is 12.3. The molecule has 0 spiro atoms. The standard InChI is InChI=1S/C17H9BrF3N3O2/c18-7-11-8-5-6-10(22-16(26)17(19,20)21)13-14(8)24(23-11)12-4-2-1-3-9(12)15(13)25/h1-6H,7H2,(H,22,26). The van der Waals surface area contributed by atoms with Crippen molar-refractivity contribution >= 4 is 54.7 Å². The molecule has 2 aromatic heterocycles. The van der Waals surface area contributed by atoms with Gasteiger partial charge in [0, 0.05) is 16.1 Å². The molecule has 0 aliphatic heterocycles. The van der Waals surface area contributed by atoms with Gasteiger partial charge in [-0.15, -0.1) is 0 Å². The zero-order valence-electron chi connectivity index (χ0n) is 12.9. The molecule has 0 aliphatic rings. The van der Waals surface area contributed by atoms with Crippen LogP contribution in [0, 0.1) is 0 Å². The van der Waals surface area contributed by atoms with Gasteiger partial charge in [-0.2, -0.15) is 18.3 Å². The van der Waals surface area contributed by atoms with E-state index < -0.39 is 17.5 Å². The average Bonchev–Trinajstić information content (AvgIpc) is 2.98. The molecule has 4 aromatic rings. The quantitative estimate of drug-likeness (QED) is 0.393. The number of fused-ring (bicyclic) bond motifs is 2. The SMILES string of the molecule is O=C(Nc1ccc2c(CBr)nn3c4ccccc4c(=O)c1c23)C(F)(F)F. The minimum atomic E-state index is -5.06. The van der Waals surface area contributed by atoms with Crippen LogP contribution in [0.25, 0.3) is 27.2 Å². The highest BCUT2D eigenvalue weighted by atomic mass is 79.9. The smallest absolute Gasteiger partial charge is 0.317 e. The Morgan fingerprint density at radius 3 is 2.58 bits per heavy atom. The minimum absolute atomic E-state index is 0.00139. The van der Waals surface area contributed by atoms with Crippen molar-refractivity contribution in [1.29, 1.82) is 0 Å². The molecule has 0 fully saturated rings. The van der Waals surface area contributed by atoms with E-state index in [0.717, 1.165) is 0 Å². The summed E-state index contributed by atoms with van der Waals surface area (Å²) in [5.74, 6) is -2.13. The first-order valence-electron chi connectivity index (χ1n) is 7.45. The monoisotopic (exact) mass is 423 g/mol. The summed E-state index contributed by atoms with van der Waals surface area (Å²) in [5.41, 5.74) is 0.905. The van der Waals surface area contributed by atoms with Crippen LogP contribution in [0.3, 0.4) is 0 Å². The number of rotatable bonds is 2. The summed E-state index contributed by atoms with van der Waals surface area (Å²) in [6.07, 6.45) is -5.06. The van der Waals surface area contributed by atoms with Crippen LogP contribution in [0.5, 0.6) is 0 Å². The van der Waals surface area contributed by atoms with Crippen LogP contribution < -0.4 is 10.7 Å². The summed E-state index contributed by atoms with van der Waals surface area (Å²) in [4.78, 5) is 24.3. The molecule has 1 N–H and O–H groups in total. The van der Waals surface area contributed by atoms with Crippen molar-refractivity contribution in [1.82, 2.24) is 9.61 Å². The molecule has 0 bridgehead atoms. The lowest BCUT2D eigenvalue weighted by molar-refractivity contribution is -0.167. The van der Waals surface area contributed by atoms with Crippen LogP contribution >= 0.6 is 15.9 Å². The fourth-order valence-electron chi connectivity index (χ4n) is 3.05. The first kappa shape index (κ1) is 16.8. The third-order valence-electron chi connectivity index (χ3n) is 4.16. The van der Waals surface area contributed by atoms with Gasteiger partial charge in [0.15, 0.2) is 5.43 Å². The molecule has 26 heavy (non-hydrogen) atoms. The second-order valence-corrected chi connectivity index (χ2v) is 6.24. The van der Waals surface area contributed by atoms with Gasteiger partial charge in [-0.1, -0.05) is 28.1 Å². The zero-order chi connectivity index (χ0) is 18.6. The van der Waals surface area contributed by atoms with Crippen LogP contribution in [0.1, 0.15) is 5.69 Å². The fraction of sp³-hybridized carbons (Fsp3) is 0.118. The number of anilines is 1. The Hall–Kier alpha value is -2.68. The Morgan fingerprint density at radius 1 is 1.15 bits per heavy atom. The number of pyridine rings is 1. The molecule has 4 rings (SSSR count). The van der Waals surface area contributed by atoms with Crippen molar-refractivity contribution in [3.63, 3.8) is 0 Å². The van der Waals surface area contributed by atoms with E-state index in [1.165, 1.54) is 10.6 Å². The number of alkyl halides is 4. The number of benzene rings is 2. The van der Waals surface area contributed by atoms with Crippen LogP contribution in [-0.4, -0.2) is 21.7 Å². The fourth-order valence-corrected chi connectivity index (χ4v) is 3.47. The molecule has 0 saturated heterocycles. The van der Waals surface area contributed by atoms with Gasteiger partial charge in [-0.25, -0.2) is 4.52 Å². The number of nitrogens with one attached hydrogen (secondary N) is 1. The van der Waals surface area contributed by atoms with E-state index >= 15 is 0 Å². The van der Waals surface area contributed by atoms with E-state index in [4.69, 9.17) is 0 Å². The number of carbonyl (C=O) groups is 1. The van der Waals surface area contributed by atoms with Gasteiger partial charge < -0.3 is 5.32 Å². The highest BCUT2D eigenvalue weighted by molar-refractivity contribution is 9.08. The summed E-state index contributed by atoms with van der Waals surface area (Å²) in [6.45, 7) is 0. The molecular weight excluding hydrogens is 415 g/mol. The van der Waals surface area contributed by atoms with Gasteiger partial charge in [0.05, 0.1) is 27.8 Å². The molecule has 0 radical (unpaired) electrons. The molecular formula is C17H9BrF3N3O2. The maximum absolute atomic E-state index is 13.0. The largest absolute Gasteiger partial charge is 0.471 e. The van der Waals surface area contributed by atoms with Crippen molar-refractivity contribution in [3.05, 3.63) is 52.3 Å². The van der Waals surface area contributed by atoms with Crippen molar-refractivity contribution < 1.29 is 18.0 Å². The van der Waals surface area contributed by atoms with E-state index in [1.54, 1.807) is 35.6 Å². The third kappa shape index (κ3) is 2.34. The Kier molecular flexibility index (Phi) is 3.65. The van der Waals surface area contributed by atoms with Gasteiger partial charge in [0.2, 0.25) is 0 Å². The Labute approximate surface area is 151 Å². The molecule has 0 atom stereocenters. The second-order valence-electron chi connectivity index (χ2n) is 5.67. The Morgan fingerprint density at radius 2 is 1.88 bits per heavy atom. The van der Waals surface area contributed by atoms with Crippen molar-refractivity contribution in [3.8, 4) is 0 Å². The lowest BCUT2D eigenvalue weighted by atomic mass is 10.1. The summed E-state index contributed by atoms with van der Waals surface area (Å²) in [5, 5.41) is 7.61. The van der Waals surface area contributed by atoms with Crippen LogP contribution in [0.2, 0.25) is 0 Å². The molecule has 5 nitrogen and oxygen atoms in total. The van der Waals surface area contributed by atoms with E-state index in [-0.39, 0.29) is 11.1 Å². The molecule has 9 heteroatoms. The topological polar surface area (TPSA) is 63.5 Å². The molecule has 1 amide bonds. The number of hydrogen-bond acceptors (Lipinski definition) is 3. The van der Waals surface area contributed by atoms with Gasteiger partial charge in [-0.3, -0.25) is 9.59 Å². The van der Waals surface area contributed by atoms with Crippen LogP contribution in [0.4, 0.5) is 18.9 Å². The highest BCUT2D eigenvalue weighted by Gasteiger charge is 2.39. The number of halogens is 4. The molecule has 132 valence electrons. The van der Waals surface area contributed by atoms with Gasteiger partial charge >= 0.3 is 12.1 Å². The normalized spacial score (nSPS) is 12.3. The second kappa shape index (κ2) is 5.66. The number of para-hydroxylation sites is 1. The molecule has 2 heterocycles. The summed E-state index contributed by atoms with van der Waals surface area (Å²) in [7, 11) is 0. The molecule has 2 aromatic carbocycles. The molecule has 0 unspecified atom stereocenters. The van der Waals surface area contributed by atoms with E-state index in [1.807, 2.05) is 0 Å². The van der Waals surface area contributed by atoms with Gasteiger partial charge in [0.25, 0.3) is 0 Å². The Balaban J connectivity index is 2.14. The predicted octanol–water partition coefficient (Wildman–Crippen LogP) is 3.83. The minimum Gasteiger partial charge on any atom is -0.317 e. The summed E-state index contributed by atoms with van der Waals surface area (Å²) < 4.78 is 39.5. The number of hydrogen-bond donors (Lipinski definition) is 1. The average molecular weight is 424 g/mol.